The van der Waals surface area contributed by atoms with E-state index in [4.69, 9.17) is 11.3 Å². The molecule has 0 spiro atoms. The minimum atomic E-state index is -0.167. The second-order valence-electron chi connectivity index (χ2n) is 8.70. The highest BCUT2D eigenvalue weighted by molar-refractivity contribution is 5.84. The molecule has 32 heavy (non-hydrogen) atoms. The van der Waals surface area contributed by atoms with Gasteiger partial charge in [-0.3, -0.25) is 4.79 Å². The standard InChI is InChI=1S/C25H23N5O2/c1-26-21-6-2-16-10-24(21)32-19-5-3-17-4-7-23(20(17)11-19)30-9-8-22(25(30)31)28-13-18-12-27-15-29(18)14-16/h2-3,5-6,10-12,15,22-23,28H,4,7-9,13-14H2/t22-,23-/m0/s1. The average molecular weight is 425 g/mol. The van der Waals surface area contributed by atoms with Gasteiger partial charge in [-0.1, -0.05) is 18.2 Å². The van der Waals surface area contributed by atoms with Crippen LogP contribution < -0.4 is 10.1 Å². The van der Waals surface area contributed by atoms with E-state index in [9.17, 15) is 4.79 Å². The Hall–Kier alpha value is -3.63. The summed E-state index contributed by atoms with van der Waals surface area (Å²) in [6, 6.07) is 11.8. The summed E-state index contributed by atoms with van der Waals surface area (Å²) < 4.78 is 8.30. The van der Waals surface area contributed by atoms with Crippen LogP contribution in [-0.2, 0) is 24.3 Å². The molecule has 3 aromatic rings. The van der Waals surface area contributed by atoms with Crippen molar-refractivity contribution in [2.75, 3.05) is 6.54 Å². The summed E-state index contributed by atoms with van der Waals surface area (Å²) in [6.07, 6.45) is 6.35. The molecule has 160 valence electrons. The number of nitrogens with one attached hydrogen (secondary N) is 1. The fourth-order valence-electron chi connectivity index (χ4n) is 5.17. The fraction of sp³-hybridized carbons (Fsp3) is 0.320. The molecule has 1 aliphatic carbocycles. The van der Waals surface area contributed by atoms with Crippen LogP contribution in [0, 0.1) is 6.57 Å². The van der Waals surface area contributed by atoms with Crippen molar-refractivity contribution >= 4 is 11.6 Å². The highest BCUT2D eigenvalue weighted by Gasteiger charge is 2.39. The number of hydrogen-bond donors (Lipinski definition) is 1. The zero-order chi connectivity index (χ0) is 21.7. The summed E-state index contributed by atoms with van der Waals surface area (Å²) in [6.45, 7) is 9.51. The summed E-state index contributed by atoms with van der Waals surface area (Å²) in [7, 11) is 0. The molecule has 0 saturated carbocycles. The highest BCUT2D eigenvalue weighted by Crippen LogP contribution is 2.41. The fourth-order valence-corrected chi connectivity index (χ4v) is 5.17. The lowest BCUT2D eigenvalue weighted by molar-refractivity contribution is -0.131. The number of nitrogens with zero attached hydrogens (tertiary/aromatic N) is 4. The first-order valence-electron chi connectivity index (χ1n) is 11.0. The van der Waals surface area contributed by atoms with E-state index < -0.39 is 0 Å². The Morgan fingerprint density at radius 1 is 1.19 bits per heavy atom. The predicted molar refractivity (Wildman–Crippen MR) is 119 cm³/mol. The Morgan fingerprint density at radius 3 is 3.03 bits per heavy atom. The summed E-state index contributed by atoms with van der Waals surface area (Å²) in [4.78, 5) is 23.2. The Balaban J connectivity index is 1.45. The largest absolute Gasteiger partial charge is 0.468 e. The molecule has 2 aliphatic heterocycles. The number of benzene rings is 2. The number of carbonyl (C=O) groups excluding carboxylic acids is 1. The van der Waals surface area contributed by atoms with Crippen LogP contribution >= 0.6 is 0 Å². The van der Waals surface area contributed by atoms with Crippen molar-refractivity contribution in [1.29, 1.82) is 0 Å². The number of imidazole rings is 1. The number of fused-ring (bicyclic) bond motifs is 7. The number of carbonyl (C=O) groups is 1. The van der Waals surface area contributed by atoms with E-state index in [1.54, 1.807) is 6.33 Å². The first kappa shape index (κ1) is 19.1. The van der Waals surface area contributed by atoms with Crippen molar-refractivity contribution in [3.05, 3.63) is 82.7 Å². The molecule has 1 N–H and O–H groups in total. The third-order valence-corrected chi connectivity index (χ3v) is 6.83. The zero-order valence-electron chi connectivity index (χ0n) is 17.6. The van der Waals surface area contributed by atoms with Crippen molar-refractivity contribution in [3.63, 3.8) is 0 Å². The van der Waals surface area contributed by atoms with Crippen LogP contribution in [0.1, 0.15) is 41.3 Å². The van der Waals surface area contributed by atoms with Gasteiger partial charge in [-0.05, 0) is 54.2 Å². The minimum absolute atomic E-state index is 0.0814. The molecule has 2 aromatic carbocycles. The Labute approximate surface area is 186 Å². The third-order valence-electron chi connectivity index (χ3n) is 6.83. The van der Waals surface area contributed by atoms with Gasteiger partial charge in [-0.25, -0.2) is 9.83 Å². The van der Waals surface area contributed by atoms with Crippen LogP contribution in [0.3, 0.4) is 0 Å². The monoisotopic (exact) mass is 425 g/mol. The molecule has 0 radical (unpaired) electrons. The van der Waals surface area contributed by atoms with E-state index in [0.29, 0.717) is 30.3 Å². The van der Waals surface area contributed by atoms with E-state index in [1.807, 2.05) is 35.4 Å². The molecule has 0 unspecified atom stereocenters. The van der Waals surface area contributed by atoms with Crippen molar-refractivity contribution in [1.82, 2.24) is 19.8 Å². The summed E-state index contributed by atoms with van der Waals surface area (Å²) in [5.74, 6) is 1.43. The van der Waals surface area contributed by atoms with Gasteiger partial charge in [0.15, 0.2) is 0 Å². The lowest BCUT2D eigenvalue weighted by Crippen LogP contribution is -2.39. The minimum Gasteiger partial charge on any atom is -0.468 e. The van der Waals surface area contributed by atoms with Crippen LogP contribution in [0.5, 0.6) is 11.5 Å². The molecule has 1 aromatic heterocycles. The van der Waals surface area contributed by atoms with Gasteiger partial charge in [0.1, 0.15) is 11.5 Å². The van der Waals surface area contributed by atoms with Crippen molar-refractivity contribution in [3.8, 4) is 11.5 Å². The van der Waals surface area contributed by atoms with Crippen LogP contribution in [-0.4, -0.2) is 32.9 Å². The zero-order valence-corrected chi connectivity index (χ0v) is 17.6. The number of rotatable bonds is 0. The second-order valence-corrected chi connectivity index (χ2v) is 8.70. The van der Waals surface area contributed by atoms with Crippen LogP contribution in [0.25, 0.3) is 4.85 Å². The van der Waals surface area contributed by atoms with E-state index in [1.165, 1.54) is 11.1 Å². The van der Waals surface area contributed by atoms with E-state index in [2.05, 4.69) is 31.8 Å². The van der Waals surface area contributed by atoms with Gasteiger partial charge in [0.25, 0.3) is 0 Å². The predicted octanol–water partition coefficient (Wildman–Crippen LogP) is 3.97. The third kappa shape index (κ3) is 3.15. The SMILES string of the molecule is [C-]#[N+]c1ccc2cc1Oc1ccc3c(c1)[C@H](CC3)N1CC[C@H](NCc3cncn3C2)C1=O. The number of aryl methyl sites for hydroxylation is 1. The van der Waals surface area contributed by atoms with E-state index in [0.717, 1.165) is 37.1 Å². The van der Waals surface area contributed by atoms with Crippen molar-refractivity contribution in [2.45, 2.75) is 44.4 Å². The number of aromatic nitrogens is 2. The molecule has 1 saturated heterocycles. The van der Waals surface area contributed by atoms with Crippen LogP contribution in [0.4, 0.5) is 5.69 Å². The average Bonchev–Trinajstić information content (AvgIpc) is 3.51. The van der Waals surface area contributed by atoms with Crippen molar-refractivity contribution in [2.24, 2.45) is 0 Å². The molecule has 2 atom stereocenters. The van der Waals surface area contributed by atoms with E-state index >= 15 is 0 Å². The smallest absolute Gasteiger partial charge is 0.240 e. The molecule has 1 amide bonds. The number of hydrogen-bond acceptors (Lipinski definition) is 4. The number of ether oxygens (including phenoxy) is 1. The Morgan fingerprint density at radius 2 is 2.12 bits per heavy atom. The molecule has 3 aliphatic rings. The van der Waals surface area contributed by atoms with Gasteiger partial charge >= 0.3 is 0 Å². The van der Waals surface area contributed by atoms with Crippen LogP contribution in [0.2, 0.25) is 0 Å². The molecule has 6 bridgehead atoms. The van der Waals surface area contributed by atoms with Gasteiger partial charge in [-0.15, -0.1) is 0 Å². The Kier molecular flexibility index (Phi) is 4.47. The van der Waals surface area contributed by atoms with Gasteiger partial charge < -0.3 is 19.5 Å². The van der Waals surface area contributed by atoms with Gasteiger partial charge in [0, 0.05) is 25.8 Å². The maximum absolute atomic E-state index is 13.2. The topological polar surface area (TPSA) is 63.8 Å². The first-order valence-corrected chi connectivity index (χ1v) is 11.0. The maximum atomic E-state index is 13.2. The second kappa shape index (κ2) is 7.50. The number of amides is 1. The first-order chi connectivity index (χ1) is 15.7. The molecule has 1 fully saturated rings. The molecule has 7 nitrogen and oxygen atoms in total. The summed E-state index contributed by atoms with van der Waals surface area (Å²) in [5, 5.41) is 3.46. The van der Waals surface area contributed by atoms with Gasteiger partial charge in [0.2, 0.25) is 11.6 Å². The quantitative estimate of drug-likeness (QED) is 0.554. The maximum Gasteiger partial charge on any atom is 0.240 e. The normalized spacial score (nSPS) is 21.7. The lowest BCUT2D eigenvalue weighted by Gasteiger charge is -2.26. The molecule has 7 heteroatoms. The van der Waals surface area contributed by atoms with Gasteiger partial charge in [0.05, 0.1) is 30.7 Å². The molecule has 6 rings (SSSR count). The van der Waals surface area contributed by atoms with Crippen LogP contribution in [0.15, 0.2) is 48.9 Å². The highest BCUT2D eigenvalue weighted by atomic mass is 16.5. The lowest BCUT2D eigenvalue weighted by atomic mass is 10.1. The summed E-state index contributed by atoms with van der Waals surface area (Å²) in [5.41, 5.74) is 4.98. The van der Waals surface area contributed by atoms with Crippen molar-refractivity contribution < 1.29 is 9.53 Å². The summed E-state index contributed by atoms with van der Waals surface area (Å²) >= 11 is 0. The molecule has 3 heterocycles. The molecular weight excluding hydrogens is 402 g/mol. The molecular formula is C25H23N5O2. The van der Waals surface area contributed by atoms with Gasteiger partial charge in [-0.2, -0.15) is 0 Å². The van der Waals surface area contributed by atoms with E-state index in [-0.39, 0.29) is 18.0 Å². The Bertz CT molecular complexity index is 1260.